The third-order valence-electron chi connectivity index (χ3n) is 2.57. The van der Waals surface area contributed by atoms with Crippen LogP contribution >= 0.6 is 11.8 Å². The van der Waals surface area contributed by atoms with Gasteiger partial charge in [0.25, 0.3) is 0 Å². The lowest BCUT2D eigenvalue weighted by molar-refractivity contribution is -0.146. The number of thioether (sulfide) groups is 1. The fourth-order valence-corrected chi connectivity index (χ4v) is 2.77. The topological polar surface area (TPSA) is 26.3 Å². The van der Waals surface area contributed by atoms with Gasteiger partial charge in [-0.2, -0.15) is 0 Å². The Morgan fingerprint density at radius 1 is 1.16 bits per heavy atom. The van der Waals surface area contributed by atoms with E-state index in [9.17, 15) is 13.6 Å². The van der Waals surface area contributed by atoms with Gasteiger partial charge in [0.2, 0.25) is 6.43 Å². The molecule has 0 radical (unpaired) electrons. The molecule has 0 heterocycles. The van der Waals surface area contributed by atoms with Crippen LogP contribution in [0.5, 0.6) is 0 Å². The van der Waals surface area contributed by atoms with Crippen molar-refractivity contribution in [3.63, 3.8) is 0 Å². The van der Waals surface area contributed by atoms with Crippen LogP contribution in [0.1, 0.15) is 59.3 Å². The lowest BCUT2D eigenvalue weighted by Gasteiger charge is -2.17. The lowest BCUT2D eigenvalue weighted by Crippen LogP contribution is -2.23. The Labute approximate surface area is 119 Å². The molecule has 1 unspecified atom stereocenters. The number of esters is 1. The van der Waals surface area contributed by atoms with Gasteiger partial charge in [-0.05, 0) is 38.9 Å². The van der Waals surface area contributed by atoms with E-state index < -0.39 is 6.43 Å². The number of alkyl halides is 2. The highest BCUT2D eigenvalue weighted by molar-refractivity contribution is 8.00. The van der Waals surface area contributed by atoms with Gasteiger partial charge in [0.1, 0.15) is 5.25 Å². The molecule has 0 N–H and O–H groups in total. The number of hydrogen-bond donors (Lipinski definition) is 0. The molecule has 0 aromatic carbocycles. The van der Waals surface area contributed by atoms with Crippen molar-refractivity contribution in [2.75, 3.05) is 5.75 Å². The highest BCUT2D eigenvalue weighted by Crippen LogP contribution is 2.21. The Balaban J connectivity index is 3.95. The van der Waals surface area contributed by atoms with E-state index in [4.69, 9.17) is 4.74 Å². The van der Waals surface area contributed by atoms with E-state index in [2.05, 4.69) is 6.92 Å². The molecule has 0 fully saturated rings. The summed E-state index contributed by atoms with van der Waals surface area (Å²) in [7, 11) is 0. The van der Waals surface area contributed by atoms with Crippen molar-refractivity contribution in [2.45, 2.75) is 77.1 Å². The van der Waals surface area contributed by atoms with Crippen LogP contribution in [0.4, 0.5) is 8.78 Å². The Kier molecular flexibility index (Phi) is 11.3. The molecule has 0 saturated heterocycles. The molecule has 2 nitrogen and oxygen atoms in total. The molecule has 0 rings (SSSR count). The number of halogens is 2. The van der Waals surface area contributed by atoms with Crippen LogP contribution in [0.2, 0.25) is 0 Å². The molecule has 5 heteroatoms. The molecule has 0 aliphatic heterocycles. The third-order valence-corrected chi connectivity index (χ3v) is 3.93. The average molecular weight is 296 g/mol. The second-order valence-corrected chi connectivity index (χ2v) is 6.18. The number of rotatable bonds is 11. The highest BCUT2D eigenvalue weighted by Gasteiger charge is 2.20. The van der Waals surface area contributed by atoms with Gasteiger partial charge in [0, 0.05) is 6.42 Å². The summed E-state index contributed by atoms with van der Waals surface area (Å²) in [5, 5.41) is -0.145. The largest absolute Gasteiger partial charge is 0.462 e. The summed E-state index contributed by atoms with van der Waals surface area (Å²) in [6.07, 6.45) is 1.72. The Morgan fingerprint density at radius 2 is 1.84 bits per heavy atom. The van der Waals surface area contributed by atoms with Gasteiger partial charge in [-0.25, -0.2) is 8.78 Å². The SMILES string of the molecule is CCCCC(SCCCCC(F)F)C(=O)OC(C)C. The van der Waals surface area contributed by atoms with Crippen LogP contribution in [0, 0.1) is 0 Å². The molecular formula is C14H26F2O2S. The summed E-state index contributed by atoms with van der Waals surface area (Å²) in [6.45, 7) is 5.75. The van der Waals surface area contributed by atoms with Crippen molar-refractivity contribution in [1.29, 1.82) is 0 Å². The molecule has 0 aromatic rings. The lowest BCUT2D eigenvalue weighted by atomic mass is 10.2. The van der Waals surface area contributed by atoms with E-state index >= 15 is 0 Å². The maximum atomic E-state index is 12.0. The quantitative estimate of drug-likeness (QED) is 0.409. The minimum atomic E-state index is -2.22. The second-order valence-electron chi connectivity index (χ2n) is 4.87. The number of unbranched alkanes of at least 4 members (excludes halogenated alkanes) is 2. The Hall–Kier alpha value is -0.320. The minimum absolute atomic E-state index is 0.0450. The number of carbonyl (C=O) groups excluding carboxylic acids is 1. The zero-order valence-electron chi connectivity index (χ0n) is 12.2. The fourth-order valence-electron chi connectivity index (χ4n) is 1.59. The Morgan fingerprint density at radius 3 is 2.37 bits per heavy atom. The monoisotopic (exact) mass is 296 g/mol. The molecular weight excluding hydrogens is 270 g/mol. The van der Waals surface area contributed by atoms with Gasteiger partial charge in [0.15, 0.2) is 0 Å². The Bertz CT molecular complexity index is 235. The van der Waals surface area contributed by atoms with Gasteiger partial charge in [-0.1, -0.05) is 19.8 Å². The first kappa shape index (κ1) is 18.7. The van der Waals surface area contributed by atoms with E-state index in [1.807, 2.05) is 13.8 Å². The molecule has 0 bridgehead atoms. The fraction of sp³-hybridized carbons (Fsp3) is 0.929. The van der Waals surface area contributed by atoms with E-state index in [-0.39, 0.29) is 23.7 Å². The first-order chi connectivity index (χ1) is 8.97. The first-order valence-corrected chi connectivity index (χ1v) is 8.12. The first-order valence-electron chi connectivity index (χ1n) is 7.07. The van der Waals surface area contributed by atoms with Crippen molar-refractivity contribution in [3.05, 3.63) is 0 Å². The van der Waals surface area contributed by atoms with E-state index in [1.54, 1.807) is 11.8 Å². The predicted molar refractivity (Wildman–Crippen MR) is 76.9 cm³/mol. The summed E-state index contributed by atoms with van der Waals surface area (Å²) in [5.41, 5.74) is 0. The predicted octanol–water partition coefficient (Wildman–Crippen LogP) is 4.67. The second kappa shape index (κ2) is 11.5. The van der Waals surface area contributed by atoms with E-state index in [1.165, 1.54) is 0 Å². The number of hydrogen-bond acceptors (Lipinski definition) is 3. The van der Waals surface area contributed by atoms with Crippen LogP contribution in [-0.4, -0.2) is 29.5 Å². The van der Waals surface area contributed by atoms with Gasteiger partial charge < -0.3 is 4.74 Å². The third kappa shape index (κ3) is 11.2. The molecule has 114 valence electrons. The van der Waals surface area contributed by atoms with Crippen LogP contribution < -0.4 is 0 Å². The number of carbonyl (C=O) groups is 1. The summed E-state index contributed by atoms with van der Waals surface area (Å²) >= 11 is 1.54. The van der Waals surface area contributed by atoms with Crippen LogP contribution in [0.25, 0.3) is 0 Å². The summed E-state index contributed by atoms with van der Waals surface area (Å²) in [5.74, 6) is 0.580. The van der Waals surface area contributed by atoms with Gasteiger partial charge in [-0.3, -0.25) is 4.79 Å². The molecule has 0 saturated carbocycles. The van der Waals surface area contributed by atoms with E-state index in [0.717, 1.165) is 31.4 Å². The summed E-state index contributed by atoms with van der Waals surface area (Å²) < 4.78 is 29.2. The summed E-state index contributed by atoms with van der Waals surface area (Å²) in [6, 6.07) is 0. The van der Waals surface area contributed by atoms with Gasteiger partial charge >= 0.3 is 5.97 Å². The zero-order valence-corrected chi connectivity index (χ0v) is 13.0. The van der Waals surface area contributed by atoms with Gasteiger partial charge in [0.05, 0.1) is 6.10 Å². The van der Waals surface area contributed by atoms with Crippen molar-refractivity contribution >= 4 is 17.7 Å². The molecule has 0 amide bonds. The zero-order chi connectivity index (χ0) is 14.7. The molecule has 0 aliphatic rings. The smallest absolute Gasteiger partial charge is 0.319 e. The average Bonchev–Trinajstić information content (AvgIpc) is 2.31. The molecule has 0 aromatic heterocycles. The molecule has 19 heavy (non-hydrogen) atoms. The highest BCUT2D eigenvalue weighted by atomic mass is 32.2. The normalized spacial score (nSPS) is 13.0. The molecule has 0 spiro atoms. The van der Waals surface area contributed by atoms with Gasteiger partial charge in [-0.15, -0.1) is 11.8 Å². The number of ether oxygens (including phenoxy) is 1. The molecule has 0 aliphatic carbocycles. The van der Waals surface area contributed by atoms with Crippen molar-refractivity contribution < 1.29 is 18.3 Å². The maximum absolute atomic E-state index is 12.0. The van der Waals surface area contributed by atoms with Crippen molar-refractivity contribution in [2.24, 2.45) is 0 Å². The van der Waals surface area contributed by atoms with Crippen molar-refractivity contribution in [3.8, 4) is 0 Å². The standard InChI is InChI=1S/C14H26F2O2S/c1-4-5-8-12(14(17)18-11(2)3)19-10-7-6-9-13(15)16/h11-13H,4-10H2,1-3H3. The minimum Gasteiger partial charge on any atom is -0.462 e. The van der Waals surface area contributed by atoms with Crippen molar-refractivity contribution in [1.82, 2.24) is 0 Å². The van der Waals surface area contributed by atoms with Crippen LogP contribution in [0.3, 0.4) is 0 Å². The maximum Gasteiger partial charge on any atom is 0.319 e. The van der Waals surface area contributed by atoms with E-state index in [0.29, 0.717) is 6.42 Å². The molecule has 1 atom stereocenters. The summed E-state index contributed by atoms with van der Waals surface area (Å²) in [4.78, 5) is 11.9. The van der Waals surface area contributed by atoms with Crippen LogP contribution in [0.15, 0.2) is 0 Å². The van der Waals surface area contributed by atoms with Crippen LogP contribution in [-0.2, 0) is 9.53 Å².